The van der Waals surface area contributed by atoms with Crippen molar-refractivity contribution in [3.63, 3.8) is 0 Å². The van der Waals surface area contributed by atoms with Crippen LogP contribution < -0.4 is 15.8 Å². The molecule has 1 amide bonds. The van der Waals surface area contributed by atoms with Crippen LogP contribution in [0.4, 0.5) is 14.5 Å². The third-order valence-corrected chi connectivity index (χ3v) is 2.47. The second kappa shape index (κ2) is 7.68. The Kier molecular flexibility index (Phi) is 6.21. The molecule has 106 valence electrons. The first kappa shape index (κ1) is 15.4. The second-order valence-electron chi connectivity index (χ2n) is 4.20. The highest BCUT2D eigenvalue weighted by molar-refractivity contribution is 5.91. The van der Waals surface area contributed by atoms with Crippen molar-refractivity contribution < 1.29 is 18.3 Å². The smallest absolute Gasteiger partial charge is 0.387 e. The van der Waals surface area contributed by atoms with Crippen LogP contribution in [-0.2, 0) is 4.79 Å². The molecule has 0 radical (unpaired) electrons. The lowest BCUT2D eigenvalue weighted by atomic mass is 10.1. The molecule has 0 heterocycles. The molecule has 0 aliphatic carbocycles. The number of amides is 1. The van der Waals surface area contributed by atoms with E-state index in [4.69, 9.17) is 5.73 Å². The Bertz CT molecular complexity index is 396. The van der Waals surface area contributed by atoms with Crippen molar-refractivity contribution >= 4 is 11.6 Å². The summed E-state index contributed by atoms with van der Waals surface area (Å²) in [4.78, 5) is 11.6. The Morgan fingerprint density at radius 2 is 2.00 bits per heavy atom. The van der Waals surface area contributed by atoms with Crippen molar-refractivity contribution in [2.24, 2.45) is 5.73 Å². The van der Waals surface area contributed by atoms with Crippen molar-refractivity contribution in [2.45, 2.75) is 38.8 Å². The quantitative estimate of drug-likeness (QED) is 0.802. The molecule has 0 saturated carbocycles. The molecular formula is C13H18F2N2O2. The standard InChI is InChI=1S/C13H18F2N2O2/c1-2-3-9(16)8-12(18)17-10-4-6-11(7-5-10)19-13(14)15/h4-7,9,13H,2-3,8,16H2,1H3,(H,17,18). The molecule has 1 unspecified atom stereocenters. The Balaban J connectivity index is 2.46. The molecule has 4 nitrogen and oxygen atoms in total. The number of benzene rings is 1. The van der Waals surface area contributed by atoms with Crippen LogP contribution in [-0.4, -0.2) is 18.6 Å². The number of carbonyl (C=O) groups is 1. The molecule has 19 heavy (non-hydrogen) atoms. The summed E-state index contributed by atoms with van der Waals surface area (Å²) in [5, 5.41) is 2.65. The first-order valence-electron chi connectivity index (χ1n) is 6.11. The zero-order chi connectivity index (χ0) is 14.3. The van der Waals surface area contributed by atoms with Gasteiger partial charge in [0.25, 0.3) is 0 Å². The SMILES string of the molecule is CCCC(N)CC(=O)Nc1ccc(OC(F)F)cc1. The van der Waals surface area contributed by atoms with E-state index < -0.39 is 6.61 Å². The van der Waals surface area contributed by atoms with Crippen LogP contribution in [0.25, 0.3) is 0 Å². The fourth-order valence-electron chi connectivity index (χ4n) is 1.64. The molecule has 3 N–H and O–H groups in total. The second-order valence-corrected chi connectivity index (χ2v) is 4.20. The average Bonchev–Trinajstić information content (AvgIpc) is 2.31. The van der Waals surface area contributed by atoms with E-state index in [9.17, 15) is 13.6 Å². The molecule has 6 heteroatoms. The van der Waals surface area contributed by atoms with Gasteiger partial charge in [0, 0.05) is 18.2 Å². The van der Waals surface area contributed by atoms with Crippen molar-refractivity contribution in [1.29, 1.82) is 0 Å². The van der Waals surface area contributed by atoms with E-state index in [-0.39, 0.29) is 24.1 Å². The Morgan fingerprint density at radius 3 is 2.53 bits per heavy atom. The molecule has 0 fully saturated rings. The lowest BCUT2D eigenvalue weighted by Crippen LogP contribution is -2.26. The van der Waals surface area contributed by atoms with Crippen molar-refractivity contribution in [3.05, 3.63) is 24.3 Å². The summed E-state index contributed by atoms with van der Waals surface area (Å²) in [5.41, 5.74) is 6.28. The van der Waals surface area contributed by atoms with Crippen LogP contribution in [0.3, 0.4) is 0 Å². The maximum atomic E-state index is 11.9. The lowest BCUT2D eigenvalue weighted by molar-refractivity contribution is -0.116. The molecule has 0 aliphatic heterocycles. The largest absolute Gasteiger partial charge is 0.435 e. The van der Waals surface area contributed by atoms with Crippen LogP contribution in [0.15, 0.2) is 24.3 Å². The molecule has 0 bridgehead atoms. The summed E-state index contributed by atoms with van der Waals surface area (Å²) in [7, 11) is 0. The number of anilines is 1. The van der Waals surface area contributed by atoms with Gasteiger partial charge in [-0.3, -0.25) is 4.79 Å². The number of nitrogens with one attached hydrogen (secondary N) is 1. The van der Waals surface area contributed by atoms with E-state index >= 15 is 0 Å². The molecular weight excluding hydrogens is 254 g/mol. The third-order valence-electron chi connectivity index (χ3n) is 2.47. The van der Waals surface area contributed by atoms with Gasteiger partial charge in [0.2, 0.25) is 5.91 Å². The average molecular weight is 272 g/mol. The molecule has 1 aromatic carbocycles. The summed E-state index contributed by atoms with van der Waals surface area (Å²) in [6.07, 6.45) is 1.95. The normalized spacial score (nSPS) is 12.3. The van der Waals surface area contributed by atoms with Gasteiger partial charge in [0.05, 0.1) is 0 Å². The zero-order valence-corrected chi connectivity index (χ0v) is 10.7. The topological polar surface area (TPSA) is 64.4 Å². The van der Waals surface area contributed by atoms with Gasteiger partial charge in [-0.2, -0.15) is 8.78 Å². The van der Waals surface area contributed by atoms with Crippen LogP contribution in [0.5, 0.6) is 5.75 Å². The number of hydrogen-bond donors (Lipinski definition) is 2. The summed E-state index contributed by atoms with van der Waals surface area (Å²) in [6, 6.07) is 5.58. The first-order valence-corrected chi connectivity index (χ1v) is 6.11. The predicted molar refractivity (Wildman–Crippen MR) is 69.2 cm³/mol. The monoisotopic (exact) mass is 272 g/mol. The number of ether oxygens (including phenoxy) is 1. The van der Waals surface area contributed by atoms with Gasteiger partial charge in [0.1, 0.15) is 5.75 Å². The minimum Gasteiger partial charge on any atom is -0.435 e. The zero-order valence-electron chi connectivity index (χ0n) is 10.7. The van der Waals surface area contributed by atoms with Gasteiger partial charge in [-0.15, -0.1) is 0 Å². The van der Waals surface area contributed by atoms with Gasteiger partial charge in [-0.25, -0.2) is 0 Å². The van der Waals surface area contributed by atoms with Gasteiger partial charge in [-0.1, -0.05) is 13.3 Å². The summed E-state index contributed by atoms with van der Waals surface area (Å²) < 4.78 is 28.1. The number of carbonyl (C=O) groups excluding carboxylic acids is 1. The predicted octanol–water partition coefficient (Wildman–Crippen LogP) is 2.74. The van der Waals surface area contributed by atoms with Gasteiger partial charge >= 0.3 is 6.61 Å². The fourth-order valence-corrected chi connectivity index (χ4v) is 1.64. The van der Waals surface area contributed by atoms with Gasteiger partial charge < -0.3 is 15.8 Å². The number of alkyl halides is 2. The highest BCUT2D eigenvalue weighted by Gasteiger charge is 2.09. The van der Waals surface area contributed by atoms with Crippen molar-refractivity contribution in [1.82, 2.24) is 0 Å². The molecule has 0 spiro atoms. The van der Waals surface area contributed by atoms with E-state index in [1.807, 2.05) is 6.92 Å². The number of hydrogen-bond acceptors (Lipinski definition) is 3. The molecule has 0 aromatic heterocycles. The highest BCUT2D eigenvalue weighted by Crippen LogP contribution is 2.17. The fraction of sp³-hybridized carbons (Fsp3) is 0.462. The number of halogens is 2. The minimum absolute atomic E-state index is 0.0516. The van der Waals surface area contributed by atoms with E-state index in [2.05, 4.69) is 10.1 Å². The number of rotatable bonds is 7. The first-order chi connectivity index (χ1) is 9.01. The number of nitrogens with two attached hydrogens (primary N) is 1. The maximum Gasteiger partial charge on any atom is 0.387 e. The molecule has 1 aromatic rings. The van der Waals surface area contributed by atoms with E-state index in [0.717, 1.165) is 12.8 Å². The van der Waals surface area contributed by atoms with Crippen LogP contribution >= 0.6 is 0 Å². The van der Waals surface area contributed by atoms with E-state index in [0.29, 0.717) is 5.69 Å². The maximum absolute atomic E-state index is 11.9. The minimum atomic E-state index is -2.85. The van der Waals surface area contributed by atoms with E-state index in [1.54, 1.807) is 0 Å². The van der Waals surface area contributed by atoms with Gasteiger partial charge in [0.15, 0.2) is 0 Å². The molecule has 1 atom stereocenters. The lowest BCUT2D eigenvalue weighted by Gasteiger charge is -2.11. The van der Waals surface area contributed by atoms with Crippen molar-refractivity contribution in [3.8, 4) is 5.75 Å². The molecule has 1 rings (SSSR count). The van der Waals surface area contributed by atoms with Crippen molar-refractivity contribution in [2.75, 3.05) is 5.32 Å². The van der Waals surface area contributed by atoms with Crippen LogP contribution in [0, 0.1) is 0 Å². The van der Waals surface area contributed by atoms with Gasteiger partial charge in [-0.05, 0) is 30.7 Å². The molecule has 0 saturated heterocycles. The summed E-state index contributed by atoms with van der Waals surface area (Å²) in [5.74, 6) is -0.140. The summed E-state index contributed by atoms with van der Waals surface area (Å²) >= 11 is 0. The third kappa shape index (κ3) is 6.15. The Morgan fingerprint density at radius 1 is 1.37 bits per heavy atom. The highest BCUT2D eigenvalue weighted by atomic mass is 19.3. The van der Waals surface area contributed by atoms with Crippen LogP contribution in [0.2, 0.25) is 0 Å². The Hall–Kier alpha value is -1.69. The molecule has 0 aliphatic rings. The van der Waals surface area contributed by atoms with Crippen LogP contribution in [0.1, 0.15) is 26.2 Å². The summed E-state index contributed by atoms with van der Waals surface area (Å²) in [6.45, 7) is -0.855. The Labute approximate surface area is 110 Å². The van der Waals surface area contributed by atoms with E-state index in [1.165, 1.54) is 24.3 Å².